The molecule has 0 spiro atoms. The molecule has 2 aromatic heterocycles. The molecule has 9 rings (SSSR count). The minimum absolute atomic E-state index is 0. The first-order valence-corrected chi connectivity index (χ1v) is 24.1. The van der Waals surface area contributed by atoms with Gasteiger partial charge < -0.3 is 5.11 Å². The van der Waals surface area contributed by atoms with Crippen molar-refractivity contribution in [3.05, 3.63) is 192 Å². The van der Waals surface area contributed by atoms with Gasteiger partial charge in [0.15, 0.2) is 0 Å². The predicted octanol–water partition coefficient (Wildman–Crippen LogP) is 17.3. The zero-order valence-corrected chi connectivity index (χ0v) is 44.8. The van der Waals surface area contributed by atoms with Crippen molar-refractivity contribution in [2.24, 2.45) is 0 Å². The number of phenolic OH excluding ortho intramolecular Hbond substituents is 1. The van der Waals surface area contributed by atoms with E-state index in [1.54, 1.807) is 12.3 Å². The van der Waals surface area contributed by atoms with Crippen LogP contribution in [0.4, 0.5) is 4.39 Å². The summed E-state index contributed by atoms with van der Waals surface area (Å²) in [5.41, 5.74) is 15.3. The Morgan fingerprint density at radius 2 is 1.07 bits per heavy atom. The van der Waals surface area contributed by atoms with Crippen molar-refractivity contribution >= 4 is 11.0 Å². The van der Waals surface area contributed by atoms with Crippen LogP contribution in [-0.4, -0.2) is 19.6 Å². The van der Waals surface area contributed by atoms with Gasteiger partial charge in [0.2, 0.25) is 0 Å². The van der Waals surface area contributed by atoms with Crippen molar-refractivity contribution in [2.75, 3.05) is 0 Å². The van der Waals surface area contributed by atoms with Crippen LogP contribution in [0.1, 0.15) is 105 Å². The molecule has 0 radical (unpaired) electrons. The molecule has 0 aliphatic carbocycles. The van der Waals surface area contributed by atoms with Crippen LogP contribution in [0.2, 0.25) is 0 Å². The van der Waals surface area contributed by atoms with Crippen molar-refractivity contribution in [2.45, 2.75) is 105 Å². The van der Waals surface area contributed by atoms with Crippen molar-refractivity contribution in [1.29, 1.82) is 0 Å². The monoisotopic (exact) mass is 1100 g/mol. The summed E-state index contributed by atoms with van der Waals surface area (Å²) in [7, 11) is 0. The van der Waals surface area contributed by atoms with E-state index in [4.69, 9.17) is 9.97 Å². The number of aromatic hydroxyl groups is 1. The Hall–Kier alpha value is -6.42. The van der Waals surface area contributed by atoms with E-state index in [1.807, 2.05) is 54.6 Å². The van der Waals surface area contributed by atoms with Gasteiger partial charge in [-0.05, 0) is 91.4 Å². The van der Waals surface area contributed by atoms with Gasteiger partial charge in [0.05, 0.1) is 22.3 Å². The van der Waals surface area contributed by atoms with Crippen LogP contribution in [-0.2, 0) is 42.7 Å². The van der Waals surface area contributed by atoms with Crippen LogP contribution >= 0.6 is 0 Å². The molecule has 0 amide bonds. The SMILES string of the molecule is CC(C)(C)c1cc(-c2cc(-c3ccc(-c4ccccc4)c(F)c3)ccn2)[c-]c(-c2cccc3c2nc(-c2cc(C(C)(C)C)cc(C(C)(C)C)c2O)n3-c2ccc(C(C)(C)C)cc2-c2ccccc2)c1.[Pt]. The molecule has 2 heterocycles. The number of aromatic nitrogens is 3. The topological polar surface area (TPSA) is 50.9 Å². The molecule has 0 saturated heterocycles. The minimum atomic E-state index is -0.352. The summed E-state index contributed by atoms with van der Waals surface area (Å²) in [6.45, 7) is 26.5. The van der Waals surface area contributed by atoms with Crippen molar-refractivity contribution in [3.63, 3.8) is 0 Å². The average Bonchev–Trinajstić information content (AvgIpc) is 3.70. The Morgan fingerprint density at radius 3 is 1.69 bits per heavy atom. The minimum Gasteiger partial charge on any atom is -0.507 e. The van der Waals surface area contributed by atoms with Gasteiger partial charge in [-0.1, -0.05) is 197 Å². The van der Waals surface area contributed by atoms with Gasteiger partial charge in [0.25, 0.3) is 0 Å². The molecule has 0 aliphatic rings. The summed E-state index contributed by atoms with van der Waals surface area (Å²) in [6, 6.07) is 55.2. The Morgan fingerprint density at radius 1 is 0.486 bits per heavy atom. The Labute approximate surface area is 429 Å². The molecule has 0 unspecified atom stereocenters. The number of benzene rings is 7. The van der Waals surface area contributed by atoms with Gasteiger partial charge in [-0.25, -0.2) is 9.37 Å². The Kier molecular flexibility index (Phi) is 13.4. The molecule has 70 heavy (non-hydrogen) atoms. The zero-order valence-electron chi connectivity index (χ0n) is 42.5. The average molecular weight is 1100 g/mol. The van der Waals surface area contributed by atoms with Crippen molar-refractivity contribution < 1.29 is 30.6 Å². The summed E-state index contributed by atoms with van der Waals surface area (Å²) in [5.74, 6) is 0.603. The third kappa shape index (κ3) is 9.84. The molecule has 358 valence electrons. The summed E-state index contributed by atoms with van der Waals surface area (Å²) in [5, 5.41) is 12.6. The fourth-order valence-corrected chi connectivity index (χ4v) is 9.19. The molecular weight excluding hydrogens is 1040 g/mol. The molecule has 9 aromatic rings. The van der Waals surface area contributed by atoms with Gasteiger partial charge in [0, 0.05) is 49.6 Å². The molecule has 0 bridgehead atoms. The van der Waals surface area contributed by atoms with Crippen molar-refractivity contribution in [3.8, 4) is 78.6 Å². The van der Waals surface area contributed by atoms with E-state index in [0.717, 1.165) is 83.6 Å². The van der Waals surface area contributed by atoms with Gasteiger partial charge >= 0.3 is 0 Å². The summed E-state index contributed by atoms with van der Waals surface area (Å²) in [6.07, 6.45) is 1.79. The number of halogens is 1. The third-order valence-corrected chi connectivity index (χ3v) is 13.3. The fraction of sp³-hybridized carbons (Fsp3) is 0.250. The van der Waals surface area contributed by atoms with E-state index in [9.17, 15) is 5.11 Å². The Balaban J connectivity index is 0.00000659. The maximum Gasteiger partial charge on any atom is 0.148 e. The number of nitrogens with zero attached hydrogens (tertiary/aromatic N) is 3. The van der Waals surface area contributed by atoms with Gasteiger partial charge in [0.1, 0.15) is 17.4 Å². The Bertz CT molecular complexity index is 3380. The largest absolute Gasteiger partial charge is 0.507 e. The first-order chi connectivity index (χ1) is 32.6. The predicted molar refractivity (Wildman–Crippen MR) is 287 cm³/mol. The second kappa shape index (κ2) is 18.7. The van der Waals surface area contributed by atoms with Crippen LogP contribution in [0.15, 0.2) is 158 Å². The van der Waals surface area contributed by atoms with E-state index >= 15 is 4.39 Å². The normalized spacial score (nSPS) is 12.3. The number of hydrogen-bond acceptors (Lipinski definition) is 3. The molecule has 4 nitrogen and oxygen atoms in total. The molecule has 0 atom stereocenters. The number of para-hydroxylation sites is 1. The van der Waals surface area contributed by atoms with Crippen LogP contribution in [0.25, 0.3) is 83.9 Å². The van der Waals surface area contributed by atoms with E-state index < -0.39 is 0 Å². The molecule has 1 N–H and O–H groups in total. The number of fused-ring (bicyclic) bond motifs is 1. The van der Waals surface area contributed by atoms with Crippen LogP contribution < -0.4 is 0 Å². The van der Waals surface area contributed by atoms with Crippen LogP contribution in [0.5, 0.6) is 5.75 Å². The molecule has 7 aromatic carbocycles. The third-order valence-electron chi connectivity index (χ3n) is 13.3. The van der Waals surface area contributed by atoms with Gasteiger partial charge in [-0.3, -0.25) is 9.55 Å². The summed E-state index contributed by atoms with van der Waals surface area (Å²) in [4.78, 5) is 10.6. The molecule has 0 aliphatic heterocycles. The first-order valence-electron chi connectivity index (χ1n) is 24.1. The first kappa shape index (κ1) is 50.0. The molecule has 0 fully saturated rings. The van der Waals surface area contributed by atoms with E-state index in [-0.39, 0.29) is 54.3 Å². The number of rotatable bonds is 7. The summed E-state index contributed by atoms with van der Waals surface area (Å²) >= 11 is 0. The fourth-order valence-electron chi connectivity index (χ4n) is 9.19. The number of hydrogen-bond donors (Lipinski definition) is 1. The van der Waals surface area contributed by atoms with Crippen molar-refractivity contribution in [1.82, 2.24) is 14.5 Å². The van der Waals surface area contributed by atoms with E-state index in [2.05, 4.69) is 185 Å². The van der Waals surface area contributed by atoms with Gasteiger partial charge in [-0.15, -0.1) is 29.3 Å². The maximum atomic E-state index is 15.7. The van der Waals surface area contributed by atoms with Crippen LogP contribution in [0.3, 0.4) is 0 Å². The zero-order chi connectivity index (χ0) is 49.2. The van der Waals surface area contributed by atoms with Crippen LogP contribution in [0, 0.1) is 11.9 Å². The second-order valence-electron chi connectivity index (χ2n) is 22.6. The molecular formula is C64H63FN3OPt-. The summed E-state index contributed by atoms with van der Waals surface area (Å²) < 4.78 is 18.0. The molecule has 6 heteroatoms. The van der Waals surface area contributed by atoms with Gasteiger partial charge in [-0.2, -0.15) is 0 Å². The van der Waals surface area contributed by atoms with E-state index in [0.29, 0.717) is 17.0 Å². The second-order valence-corrected chi connectivity index (χ2v) is 22.6. The van der Waals surface area contributed by atoms with E-state index in [1.165, 1.54) is 5.56 Å². The standard InChI is InChI=1S/C64H63FN3O.Pt/c1-61(2,3)46-27-29-56(51(37-46)41-22-17-14-18-23-41)68-57-25-19-24-50(58(57)67-60(68)52-38-48(63(7,8)9)39-53(59(52)69)64(10,11)12)44-32-45(34-47(33-44)62(4,5)6)55-36-43(30-31-66-55)42-26-28-49(54(65)35-42)40-20-15-13-16-21-40;/h13-31,33-39,69H,1-12H3;/q-1;. The number of imidazole rings is 1. The number of phenols is 1. The smallest absolute Gasteiger partial charge is 0.148 e. The maximum absolute atomic E-state index is 15.7. The molecule has 0 saturated carbocycles. The quantitative estimate of drug-likeness (QED) is 0.162. The number of pyridine rings is 1.